The third-order valence-electron chi connectivity index (χ3n) is 3.98. The van der Waals surface area contributed by atoms with Crippen molar-refractivity contribution in [2.45, 2.75) is 13.8 Å². The lowest BCUT2D eigenvalue weighted by molar-refractivity contribution is 0.329. The van der Waals surface area contributed by atoms with Crippen LogP contribution in [0.25, 0.3) is 24.3 Å². The van der Waals surface area contributed by atoms with Gasteiger partial charge in [0.2, 0.25) is 0 Å². The van der Waals surface area contributed by atoms with Gasteiger partial charge in [0.25, 0.3) is 0 Å². The van der Waals surface area contributed by atoms with Crippen molar-refractivity contribution in [2.75, 3.05) is 13.2 Å². The molecule has 4 nitrogen and oxygen atoms in total. The Balaban J connectivity index is 1.97. The molecular weight excluding hydrogens is 348 g/mol. The van der Waals surface area contributed by atoms with Gasteiger partial charge in [-0.2, -0.15) is 0 Å². The van der Waals surface area contributed by atoms with Crippen LogP contribution in [0.15, 0.2) is 60.9 Å². The number of hydrogen-bond donors (Lipinski definition) is 0. The Kier molecular flexibility index (Phi) is 6.96. The van der Waals surface area contributed by atoms with Gasteiger partial charge < -0.3 is 9.47 Å². The first-order valence-electron chi connectivity index (χ1n) is 9.42. The lowest BCUT2D eigenvalue weighted by atomic mass is 10.1. The summed E-state index contributed by atoms with van der Waals surface area (Å²) < 4.78 is 11.7. The van der Waals surface area contributed by atoms with Gasteiger partial charge in [-0.1, -0.05) is 12.1 Å². The first-order chi connectivity index (χ1) is 13.8. The fraction of sp³-hybridized carbons (Fsp3) is 0.167. The molecule has 0 aliphatic rings. The van der Waals surface area contributed by atoms with Crippen LogP contribution < -0.4 is 9.47 Å². The van der Waals surface area contributed by atoms with Crippen molar-refractivity contribution < 1.29 is 9.47 Å². The highest BCUT2D eigenvalue weighted by Crippen LogP contribution is 2.32. The van der Waals surface area contributed by atoms with Gasteiger partial charge in [0.05, 0.1) is 24.6 Å². The highest BCUT2D eigenvalue weighted by atomic mass is 16.5. The van der Waals surface area contributed by atoms with Gasteiger partial charge in [0.15, 0.2) is 0 Å². The zero-order valence-corrected chi connectivity index (χ0v) is 16.2. The summed E-state index contributed by atoms with van der Waals surface area (Å²) in [6, 6.07) is 15.7. The Morgan fingerprint density at radius 3 is 1.50 bits per heavy atom. The number of aromatic nitrogens is 2. The first kappa shape index (κ1) is 19.4. The molecule has 3 rings (SSSR count). The second-order valence-corrected chi connectivity index (χ2v) is 5.97. The van der Waals surface area contributed by atoms with Crippen LogP contribution >= 0.6 is 0 Å². The van der Waals surface area contributed by atoms with E-state index in [4.69, 9.17) is 9.47 Å². The normalized spacial score (nSPS) is 11.2. The standard InChI is InChI=1S/C24H24N2O2/c1-3-27-23-17-20(12-14-22-10-6-8-16-26-22)24(28-4-2)18-19(23)11-13-21-9-5-7-15-25-21/h5-18H,3-4H2,1-2H3/b13-11+,14-12+. The first-order valence-corrected chi connectivity index (χ1v) is 9.42. The third kappa shape index (κ3) is 5.30. The third-order valence-corrected chi connectivity index (χ3v) is 3.98. The molecule has 28 heavy (non-hydrogen) atoms. The molecule has 2 heterocycles. The van der Waals surface area contributed by atoms with E-state index in [2.05, 4.69) is 9.97 Å². The Morgan fingerprint density at radius 1 is 0.679 bits per heavy atom. The summed E-state index contributed by atoms with van der Waals surface area (Å²) in [6.45, 7) is 5.13. The molecule has 2 aromatic heterocycles. The van der Waals surface area contributed by atoms with E-state index < -0.39 is 0 Å². The van der Waals surface area contributed by atoms with E-state index in [1.165, 1.54) is 0 Å². The van der Waals surface area contributed by atoms with Crippen molar-refractivity contribution in [3.05, 3.63) is 83.4 Å². The number of nitrogens with zero attached hydrogens (tertiary/aromatic N) is 2. The van der Waals surface area contributed by atoms with E-state index in [1.807, 2.05) is 86.7 Å². The monoisotopic (exact) mass is 372 g/mol. The summed E-state index contributed by atoms with van der Waals surface area (Å²) in [5.74, 6) is 1.61. The predicted octanol–water partition coefficient (Wildman–Crippen LogP) is 5.61. The predicted molar refractivity (Wildman–Crippen MR) is 115 cm³/mol. The van der Waals surface area contributed by atoms with Crippen LogP contribution in [-0.4, -0.2) is 23.2 Å². The largest absolute Gasteiger partial charge is 0.493 e. The maximum absolute atomic E-state index is 5.87. The average Bonchev–Trinajstić information content (AvgIpc) is 2.74. The molecule has 0 spiro atoms. The summed E-state index contributed by atoms with van der Waals surface area (Å²) in [7, 11) is 0. The van der Waals surface area contributed by atoms with E-state index in [0.29, 0.717) is 13.2 Å². The smallest absolute Gasteiger partial charge is 0.127 e. The van der Waals surface area contributed by atoms with Crippen molar-refractivity contribution in [3.8, 4) is 11.5 Å². The van der Waals surface area contributed by atoms with Crippen LogP contribution in [0.3, 0.4) is 0 Å². The van der Waals surface area contributed by atoms with E-state index >= 15 is 0 Å². The Labute approximate surface area is 166 Å². The molecular formula is C24H24N2O2. The molecule has 0 saturated heterocycles. The molecule has 0 bridgehead atoms. The van der Waals surface area contributed by atoms with Crippen LogP contribution in [-0.2, 0) is 0 Å². The summed E-state index contributed by atoms with van der Waals surface area (Å²) in [4.78, 5) is 8.66. The van der Waals surface area contributed by atoms with Crippen LogP contribution in [0, 0.1) is 0 Å². The fourth-order valence-electron chi connectivity index (χ4n) is 2.71. The summed E-state index contributed by atoms with van der Waals surface area (Å²) >= 11 is 0. The van der Waals surface area contributed by atoms with Gasteiger partial charge in [-0.25, -0.2) is 0 Å². The fourth-order valence-corrected chi connectivity index (χ4v) is 2.71. The Hall–Kier alpha value is -3.40. The molecule has 0 saturated carbocycles. The van der Waals surface area contributed by atoms with Crippen molar-refractivity contribution >= 4 is 24.3 Å². The molecule has 0 N–H and O–H groups in total. The van der Waals surface area contributed by atoms with Gasteiger partial charge >= 0.3 is 0 Å². The number of rotatable bonds is 8. The number of ether oxygens (including phenoxy) is 2. The number of pyridine rings is 2. The second-order valence-electron chi connectivity index (χ2n) is 5.97. The molecule has 3 aromatic rings. The Morgan fingerprint density at radius 2 is 1.14 bits per heavy atom. The molecule has 142 valence electrons. The van der Waals surface area contributed by atoms with Crippen LogP contribution in [0.2, 0.25) is 0 Å². The van der Waals surface area contributed by atoms with Crippen LogP contribution in [0.5, 0.6) is 11.5 Å². The molecule has 0 radical (unpaired) electrons. The minimum absolute atomic E-state index is 0.585. The average molecular weight is 372 g/mol. The van der Waals surface area contributed by atoms with Gasteiger partial charge in [-0.05, 0) is 74.5 Å². The van der Waals surface area contributed by atoms with Gasteiger partial charge in [-0.15, -0.1) is 0 Å². The molecule has 4 heteroatoms. The maximum atomic E-state index is 5.87. The second kappa shape index (κ2) is 10.1. The lowest BCUT2D eigenvalue weighted by Crippen LogP contribution is -1.99. The van der Waals surface area contributed by atoms with E-state index in [0.717, 1.165) is 34.0 Å². The maximum Gasteiger partial charge on any atom is 0.127 e. The quantitative estimate of drug-likeness (QED) is 0.515. The number of hydrogen-bond acceptors (Lipinski definition) is 4. The molecule has 0 atom stereocenters. The van der Waals surface area contributed by atoms with E-state index in [1.54, 1.807) is 12.4 Å². The SMILES string of the molecule is CCOc1cc(/C=C/c2ccccn2)c(OCC)cc1/C=C/c1ccccn1. The Bertz CT molecular complexity index is 856. The van der Waals surface area contributed by atoms with Gasteiger partial charge in [0, 0.05) is 23.5 Å². The molecule has 1 aromatic carbocycles. The van der Waals surface area contributed by atoms with Crippen molar-refractivity contribution in [1.29, 1.82) is 0 Å². The molecule has 0 aliphatic carbocycles. The summed E-state index contributed by atoms with van der Waals surface area (Å²) in [5.41, 5.74) is 3.68. The highest BCUT2D eigenvalue weighted by molar-refractivity contribution is 5.78. The minimum atomic E-state index is 0.585. The number of benzene rings is 1. The molecule has 0 unspecified atom stereocenters. The highest BCUT2D eigenvalue weighted by Gasteiger charge is 2.09. The molecule has 0 amide bonds. The topological polar surface area (TPSA) is 44.2 Å². The zero-order chi connectivity index (χ0) is 19.6. The van der Waals surface area contributed by atoms with E-state index in [-0.39, 0.29) is 0 Å². The van der Waals surface area contributed by atoms with Gasteiger partial charge in [0.1, 0.15) is 11.5 Å². The van der Waals surface area contributed by atoms with Crippen molar-refractivity contribution in [2.24, 2.45) is 0 Å². The van der Waals surface area contributed by atoms with Gasteiger partial charge in [-0.3, -0.25) is 9.97 Å². The van der Waals surface area contributed by atoms with Crippen LogP contribution in [0.4, 0.5) is 0 Å². The van der Waals surface area contributed by atoms with E-state index in [9.17, 15) is 0 Å². The van der Waals surface area contributed by atoms with Crippen molar-refractivity contribution in [3.63, 3.8) is 0 Å². The van der Waals surface area contributed by atoms with Crippen molar-refractivity contribution in [1.82, 2.24) is 9.97 Å². The molecule has 0 fully saturated rings. The van der Waals surface area contributed by atoms with Crippen LogP contribution in [0.1, 0.15) is 36.4 Å². The summed E-state index contributed by atoms with van der Waals surface area (Å²) in [5, 5.41) is 0. The minimum Gasteiger partial charge on any atom is -0.493 e. The zero-order valence-electron chi connectivity index (χ0n) is 16.2. The summed E-state index contributed by atoms with van der Waals surface area (Å²) in [6.07, 6.45) is 11.5. The molecule has 0 aliphatic heterocycles. The lowest BCUT2D eigenvalue weighted by Gasteiger charge is -2.13.